The number of methoxy groups -OCH3 is 1. The fourth-order valence-corrected chi connectivity index (χ4v) is 3.28. The van der Waals surface area contributed by atoms with Gasteiger partial charge in [0.05, 0.1) is 12.5 Å². The van der Waals surface area contributed by atoms with Crippen LogP contribution in [0.1, 0.15) is 30.7 Å². The van der Waals surface area contributed by atoms with Crippen molar-refractivity contribution in [3.63, 3.8) is 0 Å². The first-order chi connectivity index (χ1) is 12.9. The quantitative estimate of drug-likeness (QED) is 0.625. The number of ketones is 1. The number of carbonyl (C=O) groups excluding carboxylic acids is 2. The van der Waals surface area contributed by atoms with Gasteiger partial charge in [0.2, 0.25) is 5.88 Å². The summed E-state index contributed by atoms with van der Waals surface area (Å²) in [6, 6.07) is 3.21. The van der Waals surface area contributed by atoms with Crippen LogP contribution in [0.25, 0.3) is 0 Å². The van der Waals surface area contributed by atoms with E-state index in [1.54, 1.807) is 0 Å². The maximum absolute atomic E-state index is 13.8. The lowest BCUT2D eigenvalue weighted by molar-refractivity contribution is -0.140. The molecule has 2 aliphatic rings. The molecule has 0 amide bonds. The van der Waals surface area contributed by atoms with Crippen LogP contribution in [0.5, 0.6) is 0 Å². The van der Waals surface area contributed by atoms with E-state index in [9.17, 15) is 18.4 Å². The van der Waals surface area contributed by atoms with Gasteiger partial charge in [0.1, 0.15) is 17.9 Å². The molecule has 3 rings (SSSR count). The van der Waals surface area contributed by atoms with Crippen molar-refractivity contribution in [2.75, 3.05) is 20.3 Å². The van der Waals surface area contributed by atoms with Crippen LogP contribution >= 0.6 is 0 Å². The zero-order valence-electron chi connectivity index (χ0n) is 14.7. The van der Waals surface area contributed by atoms with Crippen molar-refractivity contribution >= 4 is 11.8 Å². The summed E-state index contributed by atoms with van der Waals surface area (Å²) in [6.07, 6.45) is 1.32. The first-order valence-corrected chi connectivity index (χ1v) is 8.48. The summed E-state index contributed by atoms with van der Waals surface area (Å²) in [5.41, 5.74) is 6.30. The van der Waals surface area contributed by atoms with Gasteiger partial charge >= 0.3 is 5.97 Å². The van der Waals surface area contributed by atoms with E-state index in [2.05, 4.69) is 0 Å². The highest BCUT2D eigenvalue weighted by atomic mass is 19.2. The molecule has 1 unspecified atom stereocenters. The second kappa shape index (κ2) is 7.87. The van der Waals surface area contributed by atoms with Gasteiger partial charge in [0.25, 0.3) is 0 Å². The number of Topliss-reactive ketones (excluding diaryl/α,β-unsaturated/α-hetero) is 1. The molecule has 2 N–H and O–H groups in total. The molecule has 0 radical (unpaired) electrons. The van der Waals surface area contributed by atoms with Gasteiger partial charge in [0, 0.05) is 25.5 Å². The van der Waals surface area contributed by atoms with Gasteiger partial charge < -0.3 is 19.9 Å². The van der Waals surface area contributed by atoms with Gasteiger partial charge in [-0.15, -0.1) is 0 Å². The highest BCUT2D eigenvalue weighted by molar-refractivity contribution is 6.03. The zero-order chi connectivity index (χ0) is 19.6. The van der Waals surface area contributed by atoms with Crippen molar-refractivity contribution in [2.45, 2.75) is 25.2 Å². The molecule has 1 aliphatic heterocycles. The van der Waals surface area contributed by atoms with Crippen LogP contribution in [0.15, 0.2) is 41.0 Å². The van der Waals surface area contributed by atoms with E-state index in [1.807, 2.05) is 0 Å². The third-order valence-electron chi connectivity index (χ3n) is 4.50. The van der Waals surface area contributed by atoms with Crippen LogP contribution in [0, 0.1) is 11.6 Å². The van der Waals surface area contributed by atoms with Crippen molar-refractivity contribution in [3.05, 3.63) is 58.2 Å². The lowest BCUT2D eigenvalue weighted by Crippen LogP contribution is -2.32. The fourth-order valence-electron chi connectivity index (χ4n) is 3.28. The van der Waals surface area contributed by atoms with Crippen LogP contribution in [0.4, 0.5) is 8.78 Å². The summed E-state index contributed by atoms with van der Waals surface area (Å²) >= 11 is 0. The molecule has 1 aliphatic carbocycles. The molecule has 1 aromatic carbocycles. The van der Waals surface area contributed by atoms with Gasteiger partial charge in [-0.05, 0) is 24.1 Å². The van der Waals surface area contributed by atoms with E-state index in [0.29, 0.717) is 18.6 Å². The zero-order valence-corrected chi connectivity index (χ0v) is 14.7. The summed E-state index contributed by atoms with van der Waals surface area (Å²) in [4.78, 5) is 25.2. The normalized spacial score (nSPS) is 19.7. The number of hydrogen-bond acceptors (Lipinski definition) is 6. The van der Waals surface area contributed by atoms with E-state index < -0.39 is 23.5 Å². The van der Waals surface area contributed by atoms with Crippen molar-refractivity contribution in [3.8, 4) is 0 Å². The van der Waals surface area contributed by atoms with E-state index in [0.717, 1.165) is 12.1 Å². The van der Waals surface area contributed by atoms with Crippen molar-refractivity contribution < 1.29 is 32.6 Å². The van der Waals surface area contributed by atoms with E-state index in [1.165, 1.54) is 13.2 Å². The minimum absolute atomic E-state index is 0.0313. The number of nitrogens with two attached hydrogens (primary N) is 1. The Bertz CT molecular complexity index is 847. The summed E-state index contributed by atoms with van der Waals surface area (Å²) in [5.74, 6) is -3.98. The van der Waals surface area contributed by atoms with Crippen LogP contribution in [-0.2, 0) is 23.8 Å². The molecule has 1 atom stereocenters. The Balaban J connectivity index is 2.08. The van der Waals surface area contributed by atoms with E-state index in [4.69, 9.17) is 19.9 Å². The molecule has 1 heterocycles. The standard InChI is InChI=1S/C19H19F2NO5/c1-25-7-8-26-19(24)17-15(10-5-6-11(20)12(21)9-10)16-13(23)3-2-4-14(16)27-18(17)22/h5-6,9,15H,2-4,7-8,22H2,1H3. The van der Waals surface area contributed by atoms with Gasteiger partial charge in [0.15, 0.2) is 17.4 Å². The van der Waals surface area contributed by atoms with Gasteiger partial charge in [-0.25, -0.2) is 13.6 Å². The number of benzene rings is 1. The number of esters is 1. The van der Waals surface area contributed by atoms with Crippen LogP contribution in [-0.4, -0.2) is 32.1 Å². The molecule has 6 nitrogen and oxygen atoms in total. The Morgan fingerprint density at radius 2 is 2.04 bits per heavy atom. The third kappa shape index (κ3) is 3.71. The van der Waals surface area contributed by atoms with Crippen LogP contribution in [0.3, 0.4) is 0 Å². The number of hydrogen-bond donors (Lipinski definition) is 1. The maximum atomic E-state index is 13.8. The van der Waals surface area contributed by atoms with Crippen LogP contribution < -0.4 is 5.73 Å². The molecular weight excluding hydrogens is 360 g/mol. The first-order valence-electron chi connectivity index (χ1n) is 8.48. The lowest BCUT2D eigenvalue weighted by atomic mass is 9.77. The molecule has 0 bridgehead atoms. The molecule has 0 saturated heterocycles. The molecule has 1 aromatic rings. The maximum Gasteiger partial charge on any atom is 0.340 e. The number of halogens is 2. The van der Waals surface area contributed by atoms with Crippen molar-refractivity contribution in [2.24, 2.45) is 5.73 Å². The second-order valence-corrected chi connectivity index (χ2v) is 6.23. The summed E-state index contributed by atoms with van der Waals surface area (Å²) in [5, 5.41) is 0. The van der Waals surface area contributed by atoms with Crippen molar-refractivity contribution in [1.82, 2.24) is 0 Å². The number of carbonyl (C=O) groups is 2. The highest BCUT2D eigenvalue weighted by Gasteiger charge is 2.41. The van der Waals surface area contributed by atoms with Gasteiger partial charge in [-0.2, -0.15) is 0 Å². The van der Waals surface area contributed by atoms with E-state index in [-0.39, 0.29) is 48.0 Å². The minimum atomic E-state index is -1.09. The first kappa shape index (κ1) is 19.0. The molecule has 0 spiro atoms. The average molecular weight is 379 g/mol. The Hall–Kier alpha value is -2.74. The summed E-state index contributed by atoms with van der Waals surface area (Å²) in [6.45, 7) is 0.138. The monoisotopic (exact) mass is 379 g/mol. The average Bonchev–Trinajstić information content (AvgIpc) is 2.63. The Kier molecular flexibility index (Phi) is 5.55. The predicted molar refractivity (Wildman–Crippen MR) is 90.1 cm³/mol. The van der Waals surface area contributed by atoms with Gasteiger partial charge in [-0.1, -0.05) is 6.07 Å². The molecule has 0 fully saturated rings. The molecule has 144 valence electrons. The Morgan fingerprint density at radius 1 is 1.26 bits per heavy atom. The number of allylic oxidation sites excluding steroid dienone is 2. The molecule has 27 heavy (non-hydrogen) atoms. The minimum Gasteiger partial charge on any atom is -0.460 e. The molecule has 0 aromatic heterocycles. The summed E-state index contributed by atoms with van der Waals surface area (Å²) < 4.78 is 42.7. The predicted octanol–water partition coefficient (Wildman–Crippen LogP) is 2.45. The number of rotatable bonds is 5. The molecule has 8 heteroatoms. The smallest absolute Gasteiger partial charge is 0.340 e. The Labute approximate surface area is 154 Å². The largest absolute Gasteiger partial charge is 0.460 e. The van der Waals surface area contributed by atoms with Crippen molar-refractivity contribution in [1.29, 1.82) is 0 Å². The second-order valence-electron chi connectivity index (χ2n) is 6.23. The topological polar surface area (TPSA) is 87.8 Å². The van der Waals surface area contributed by atoms with E-state index >= 15 is 0 Å². The number of ether oxygens (including phenoxy) is 3. The highest BCUT2D eigenvalue weighted by Crippen LogP contribution is 2.44. The Morgan fingerprint density at radius 3 is 2.74 bits per heavy atom. The lowest BCUT2D eigenvalue weighted by Gasteiger charge is -2.32. The molecular formula is C19H19F2NO5. The molecule has 0 saturated carbocycles. The van der Waals surface area contributed by atoms with Crippen LogP contribution in [0.2, 0.25) is 0 Å². The summed E-state index contributed by atoms with van der Waals surface area (Å²) in [7, 11) is 1.45. The fraction of sp³-hybridized carbons (Fsp3) is 0.368. The third-order valence-corrected chi connectivity index (χ3v) is 4.50. The SMILES string of the molecule is COCCOC(=O)C1=C(N)OC2=C(C(=O)CCC2)C1c1ccc(F)c(F)c1. The van der Waals surface area contributed by atoms with Gasteiger partial charge in [-0.3, -0.25) is 4.79 Å².